The molecule has 1 amide bonds. The summed E-state index contributed by atoms with van der Waals surface area (Å²) >= 11 is 0.941. The lowest BCUT2D eigenvalue weighted by molar-refractivity contribution is 0.0997. The second kappa shape index (κ2) is 9.55. The van der Waals surface area contributed by atoms with Gasteiger partial charge in [-0.3, -0.25) is 4.79 Å². The second-order valence-corrected chi connectivity index (χ2v) is 10.6. The lowest BCUT2D eigenvalue weighted by atomic mass is 10.2. The Kier molecular flexibility index (Phi) is 6.74. The third kappa shape index (κ3) is 4.76. The number of hydrogen-bond acceptors (Lipinski definition) is 4. The molecular formula is C23H21F2N3O3S2. The summed E-state index contributed by atoms with van der Waals surface area (Å²) in [6, 6.07) is 7.47. The Morgan fingerprint density at radius 1 is 1.09 bits per heavy atom. The Hall–Kier alpha value is -2.87. The summed E-state index contributed by atoms with van der Waals surface area (Å²) in [5.41, 5.74) is 0.242. The van der Waals surface area contributed by atoms with E-state index in [0.29, 0.717) is 13.1 Å². The van der Waals surface area contributed by atoms with Gasteiger partial charge in [-0.1, -0.05) is 30.1 Å². The fraction of sp³-hybridized carbons (Fsp3) is 0.304. The Bertz CT molecular complexity index is 1410. The molecule has 0 aliphatic carbocycles. The number of sulfonamides is 1. The van der Waals surface area contributed by atoms with Gasteiger partial charge >= 0.3 is 0 Å². The van der Waals surface area contributed by atoms with Gasteiger partial charge in [0.15, 0.2) is 10.6 Å². The molecule has 2 heterocycles. The van der Waals surface area contributed by atoms with Crippen LogP contribution in [0.5, 0.6) is 0 Å². The molecule has 1 aromatic heterocycles. The Morgan fingerprint density at radius 2 is 1.76 bits per heavy atom. The van der Waals surface area contributed by atoms with E-state index < -0.39 is 27.6 Å². The van der Waals surface area contributed by atoms with Crippen molar-refractivity contribution >= 4 is 37.5 Å². The number of hydrogen-bond donors (Lipinski definition) is 0. The number of benzene rings is 2. The number of carbonyl (C=O) groups is 1. The van der Waals surface area contributed by atoms with Crippen LogP contribution in [-0.4, -0.2) is 36.3 Å². The fourth-order valence-electron chi connectivity index (χ4n) is 3.80. The minimum atomic E-state index is -3.64. The minimum absolute atomic E-state index is 0.0539. The molecule has 0 N–H and O–H groups in total. The third-order valence-corrected chi connectivity index (χ3v) is 8.38. The van der Waals surface area contributed by atoms with Gasteiger partial charge in [-0.15, -0.1) is 6.42 Å². The second-order valence-electron chi connectivity index (χ2n) is 7.67. The van der Waals surface area contributed by atoms with Gasteiger partial charge in [0.05, 0.1) is 21.7 Å². The zero-order chi connectivity index (χ0) is 23.6. The van der Waals surface area contributed by atoms with E-state index in [2.05, 4.69) is 10.9 Å². The van der Waals surface area contributed by atoms with Crippen molar-refractivity contribution in [3.05, 3.63) is 58.4 Å². The Labute approximate surface area is 194 Å². The topological polar surface area (TPSA) is 71.7 Å². The smallest absolute Gasteiger partial charge is 0.279 e. The molecule has 0 atom stereocenters. The normalized spacial score (nSPS) is 16.0. The minimum Gasteiger partial charge on any atom is -0.302 e. The number of halogens is 2. The van der Waals surface area contributed by atoms with Crippen molar-refractivity contribution in [2.75, 3.05) is 13.1 Å². The van der Waals surface area contributed by atoms with Gasteiger partial charge in [0.2, 0.25) is 10.0 Å². The molecule has 1 fully saturated rings. The highest BCUT2D eigenvalue weighted by Gasteiger charge is 2.25. The summed E-state index contributed by atoms with van der Waals surface area (Å²) in [6.45, 7) is 0.912. The molecule has 3 aromatic rings. The summed E-state index contributed by atoms with van der Waals surface area (Å²) in [6.07, 6.45) is 9.05. The maximum atomic E-state index is 14.3. The molecule has 0 radical (unpaired) electrons. The van der Waals surface area contributed by atoms with Crippen LogP contribution in [-0.2, 0) is 16.6 Å². The molecule has 1 saturated heterocycles. The van der Waals surface area contributed by atoms with Crippen LogP contribution in [0.2, 0.25) is 0 Å². The molecule has 4 rings (SSSR count). The molecule has 2 aromatic carbocycles. The van der Waals surface area contributed by atoms with Crippen LogP contribution in [0, 0.1) is 24.0 Å². The third-order valence-electron chi connectivity index (χ3n) is 5.45. The van der Waals surface area contributed by atoms with Crippen LogP contribution in [0.25, 0.3) is 10.2 Å². The average molecular weight is 490 g/mol. The van der Waals surface area contributed by atoms with Crippen LogP contribution in [0.15, 0.2) is 46.3 Å². The van der Waals surface area contributed by atoms with Gasteiger partial charge in [-0.25, -0.2) is 17.2 Å². The highest BCUT2D eigenvalue weighted by atomic mass is 32.2. The number of nitrogens with zero attached hydrogens (tertiary/aromatic N) is 3. The standard InChI is InChI=1S/C23H21F2N3O3S2/c1-2-11-28-21-19(25)14-17(24)15-20(21)32-23(28)26-22(29)16-7-9-18(10-8-16)33(30,31)27-12-5-3-4-6-13-27/h1,7-10,14-15H,3-6,11-13H2. The van der Waals surface area contributed by atoms with E-state index in [1.165, 1.54) is 33.1 Å². The molecule has 172 valence electrons. The summed E-state index contributed by atoms with van der Waals surface area (Å²) < 4.78 is 56.9. The predicted octanol–water partition coefficient (Wildman–Crippen LogP) is 3.92. The zero-order valence-electron chi connectivity index (χ0n) is 17.6. The van der Waals surface area contributed by atoms with Crippen molar-refractivity contribution in [2.24, 2.45) is 4.99 Å². The van der Waals surface area contributed by atoms with E-state index in [-0.39, 0.29) is 32.0 Å². The van der Waals surface area contributed by atoms with Gasteiger partial charge in [0, 0.05) is 24.7 Å². The van der Waals surface area contributed by atoms with Crippen molar-refractivity contribution in [1.29, 1.82) is 0 Å². The largest absolute Gasteiger partial charge is 0.302 e. The number of amides is 1. The number of carbonyl (C=O) groups excluding carboxylic acids is 1. The first kappa shape index (κ1) is 23.3. The SMILES string of the molecule is C#CCn1c(=NC(=O)c2ccc(S(=O)(=O)N3CCCCCC3)cc2)sc2cc(F)cc(F)c21. The van der Waals surface area contributed by atoms with E-state index in [4.69, 9.17) is 6.42 Å². The van der Waals surface area contributed by atoms with Crippen molar-refractivity contribution in [3.8, 4) is 12.3 Å². The first-order chi connectivity index (χ1) is 15.8. The number of aromatic nitrogens is 1. The lowest BCUT2D eigenvalue weighted by Gasteiger charge is -2.19. The van der Waals surface area contributed by atoms with E-state index in [1.54, 1.807) is 0 Å². The van der Waals surface area contributed by atoms with Gasteiger partial charge in [0.1, 0.15) is 5.82 Å². The van der Waals surface area contributed by atoms with Crippen LogP contribution in [0.1, 0.15) is 36.0 Å². The summed E-state index contributed by atoms with van der Waals surface area (Å²) in [7, 11) is -3.64. The molecule has 1 aliphatic rings. The lowest BCUT2D eigenvalue weighted by Crippen LogP contribution is -2.31. The van der Waals surface area contributed by atoms with Crippen molar-refractivity contribution in [1.82, 2.24) is 8.87 Å². The van der Waals surface area contributed by atoms with Gasteiger partial charge in [-0.2, -0.15) is 9.30 Å². The first-order valence-corrected chi connectivity index (χ1v) is 12.7. The van der Waals surface area contributed by atoms with E-state index in [9.17, 15) is 22.0 Å². The number of rotatable bonds is 4. The molecule has 0 saturated carbocycles. The maximum absolute atomic E-state index is 14.3. The molecular weight excluding hydrogens is 468 g/mol. The fourth-order valence-corrected chi connectivity index (χ4v) is 6.39. The zero-order valence-corrected chi connectivity index (χ0v) is 19.3. The van der Waals surface area contributed by atoms with Crippen LogP contribution in [0.4, 0.5) is 8.78 Å². The summed E-state index contributed by atoms with van der Waals surface area (Å²) in [5.74, 6) is 0.197. The Morgan fingerprint density at radius 3 is 2.39 bits per heavy atom. The number of thiazole rings is 1. The van der Waals surface area contributed by atoms with Crippen molar-refractivity contribution < 1.29 is 22.0 Å². The molecule has 1 aliphatic heterocycles. The molecule has 0 bridgehead atoms. The number of fused-ring (bicyclic) bond motifs is 1. The van der Waals surface area contributed by atoms with E-state index in [1.807, 2.05) is 0 Å². The molecule has 10 heteroatoms. The number of terminal acetylenes is 1. The predicted molar refractivity (Wildman–Crippen MR) is 122 cm³/mol. The van der Waals surface area contributed by atoms with Gasteiger partial charge in [0.25, 0.3) is 5.91 Å². The molecule has 33 heavy (non-hydrogen) atoms. The highest BCUT2D eigenvalue weighted by Crippen LogP contribution is 2.23. The molecule has 0 unspecified atom stereocenters. The average Bonchev–Trinajstić information content (AvgIpc) is 2.95. The van der Waals surface area contributed by atoms with Crippen molar-refractivity contribution in [2.45, 2.75) is 37.1 Å². The van der Waals surface area contributed by atoms with E-state index >= 15 is 0 Å². The maximum Gasteiger partial charge on any atom is 0.279 e. The van der Waals surface area contributed by atoms with E-state index in [0.717, 1.165) is 49.2 Å². The summed E-state index contributed by atoms with van der Waals surface area (Å²) in [4.78, 5) is 17.0. The highest BCUT2D eigenvalue weighted by molar-refractivity contribution is 7.89. The Balaban J connectivity index is 1.67. The monoisotopic (exact) mass is 489 g/mol. The quantitative estimate of drug-likeness (QED) is 0.522. The first-order valence-electron chi connectivity index (χ1n) is 10.4. The van der Waals surface area contributed by atoms with Gasteiger partial charge in [-0.05, 0) is 43.2 Å². The molecule has 0 spiro atoms. The van der Waals surface area contributed by atoms with Gasteiger partial charge < -0.3 is 4.57 Å². The summed E-state index contributed by atoms with van der Waals surface area (Å²) in [5, 5.41) is 0. The van der Waals surface area contributed by atoms with Crippen molar-refractivity contribution in [3.63, 3.8) is 0 Å². The molecule has 6 nitrogen and oxygen atoms in total. The van der Waals surface area contributed by atoms with Crippen LogP contribution >= 0.6 is 11.3 Å². The van der Waals surface area contributed by atoms with Crippen LogP contribution < -0.4 is 4.80 Å². The van der Waals surface area contributed by atoms with Crippen LogP contribution in [0.3, 0.4) is 0 Å².